The molecule has 1 aliphatic rings. The first-order valence-corrected chi connectivity index (χ1v) is 16.1. The molecule has 0 atom stereocenters. The molecule has 1 saturated heterocycles. The van der Waals surface area contributed by atoms with Gasteiger partial charge in [0, 0.05) is 48.5 Å². The number of likely N-dealkylation sites (N-methyl/N-ethyl adjacent to an activating group) is 1. The lowest BCUT2D eigenvalue weighted by Gasteiger charge is -2.31. The number of anilines is 1. The molecule has 1 fully saturated rings. The number of halogens is 2. The fraction of sp³-hybridized carbons (Fsp3) is 0.296. The summed E-state index contributed by atoms with van der Waals surface area (Å²) >= 11 is 12.3. The number of carbonyl (C=O) groups excluding carboxylic acids is 1. The molecular formula is C27H30Cl2N4O5S2. The predicted molar refractivity (Wildman–Crippen MR) is 157 cm³/mol. The lowest BCUT2D eigenvalue weighted by Crippen LogP contribution is -2.46. The Morgan fingerprint density at radius 1 is 0.875 bits per heavy atom. The smallest absolute Gasteiger partial charge is 0.243 e. The monoisotopic (exact) mass is 624 g/mol. The maximum atomic E-state index is 13.5. The molecule has 1 N–H and O–H groups in total. The topological polar surface area (TPSA) is 107 Å². The van der Waals surface area contributed by atoms with Crippen LogP contribution in [-0.4, -0.2) is 76.0 Å². The molecule has 0 spiro atoms. The van der Waals surface area contributed by atoms with Crippen LogP contribution >= 0.6 is 23.2 Å². The number of nitrogens with zero attached hydrogens (tertiary/aromatic N) is 3. The third-order valence-electron chi connectivity index (χ3n) is 6.58. The highest BCUT2D eigenvalue weighted by Gasteiger charge is 2.29. The van der Waals surface area contributed by atoms with Gasteiger partial charge in [0.15, 0.2) is 0 Å². The molecule has 9 nitrogen and oxygen atoms in total. The summed E-state index contributed by atoms with van der Waals surface area (Å²) in [5.41, 5.74) is 1.70. The van der Waals surface area contributed by atoms with Crippen molar-refractivity contribution in [3.8, 4) is 0 Å². The van der Waals surface area contributed by atoms with Crippen LogP contribution in [0.25, 0.3) is 0 Å². The SMILES string of the molecule is Cc1ccc(S(=O)(=O)N(CC(=O)Nc2ccc(S(=O)(=O)N3CCN(C)CC3)cc2)Cc2ccc(Cl)cc2Cl)cc1. The standard InChI is InChI=1S/C27H30Cl2N4O5S2/c1-20-3-9-24(10-4-20)40(37,38)33(18-21-5-6-22(28)17-26(21)29)19-27(34)30-23-7-11-25(12-8-23)39(35,36)32-15-13-31(2)14-16-32/h3-12,17H,13-16,18-19H2,1-2H3,(H,30,34). The Bertz CT molecular complexity index is 1570. The van der Waals surface area contributed by atoms with Crippen LogP contribution in [0.1, 0.15) is 11.1 Å². The van der Waals surface area contributed by atoms with Gasteiger partial charge >= 0.3 is 0 Å². The summed E-state index contributed by atoms with van der Waals surface area (Å²) in [6.45, 7) is 3.28. The van der Waals surface area contributed by atoms with Gasteiger partial charge in [-0.1, -0.05) is 47.0 Å². The average molecular weight is 626 g/mol. The van der Waals surface area contributed by atoms with Gasteiger partial charge in [0.05, 0.1) is 16.3 Å². The Hall–Kier alpha value is -2.51. The molecule has 0 saturated carbocycles. The fourth-order valence-electron chi connectivity index (χ4n) is 4.17. The van der Waals surface area contributed by atoms with E-state index in [0.717, 1.165) is 9.87 Å². The van der Waals surface area contributed by atoms with Crippen LogP contribution in [0.15, 0.2) is 76.5 Å². The highest BCUT2D eigenvalue weighted by atomic mass is 35.5. The van der Waals surface area contributed by atoms with Crippen LogP contribution < -0.4 is 5.32 Å². The predicted octanol–water partition coefficient (Wildman–Crippen LogP) is 4.07. The first-order chi connectivity index (χ1) is 18.9. The largest absolute Gasteiger partial charge is 0.325 e. The van der Waals surface area contributed by atoms with Gasteiger partial charge < -0.3 is 10.2 Å². The van der Waals surface area contributed by atoms with Crippen molar-refractivity contribution in [1.29, 1.82) is 0 Å². The minimum Gasteiger partial charge on any atom is -0.325 e. The number of hydrogen-bond donors (Lipinski definition) is 1. The van der Waals surface area contributed by atoms with E-state index in [1.165, 1.54) is 46.8 Å². The number of rotatable bonds is 9. The van der Waals surface area contributed by atoms with Crippen LogP contribution in [0.2, 0.25) is 10.0 Å². The molecule has 1 aliphatic heterocycles. The molecule has 13 heteroatoms. The second-order valence-electron chi connectivity index (χ2n) is 9.60. The molecule has 214 valence electrons. The van der Waals surface area contributed by atoms with Gasteiger partial charge in [-0.15, -0.1) is 0 Å². The van der Waals surface area contributed by atoms with Crippen molar-refractivity contribution in [3.05, 3.63) is 87.9 Å². The van der Waals surface area contributed by atoms with E-state index in [4.69, 9.17) is 23.2 Å². The molecule has 4 rings (SSSR count). The van der Waals surface area contributed by atoms with E-state index in [1.54, 1.807) is 24.3 Å². The summed E-state index contributed by atoms with van der Waals surface area (Å²) in [5, 5.41) is 3.34. The normalized spacial score (nSPS) is 15.3. The molecule has 0 aromatic heterocycles. The number of hydrogen-bond acceptors (Lipinski definition) is 6. The van der Waals surface area contributed by atoms with E-state index >= 15 is 0 Å². The number of piperazine rings is 1. The van der Waals surface area contributed by atoms with E-state index in [1.807, 2.05) is 14.0 Å². The van der Waals surface area contributed by atoms with Crippen molar-refractivity contribution < 1.29 is 21.6 Å². The molecule has 0 aliphatic carbocycles. The van der Waals surface area contributed by atoms with Gasteiger partial charge in [-0.25, -0.2) is 16.8 Å². The van der Waals surface area contributed by atoms with E-state index in [-0.39, 0.29) is 21.4 Å². The lowest BCUT2D eigenvalue weighted by molar-refractivity contribution is -0.116. The van der Waals surface area contributed by atoms with Gasteiger partial charge in [-0.2, -0.15) is 8.61 Å². The average Bonchev–Trinajstić information content (AvgIpc) is 2.90. The van der Waals surface area contributed by atoms with Crippen LogP contribution in [0.4, 0.5) is 5.69 Å². The summed E-state index contributed by atoms with van der Waals surface area (Å²) in [5.74, 6) is -0.601. The van der Waals surface area contributed by atoms with Crippen molar-refractivity contribution in [2.45, 2.75) is 23.3 Å². The zero-order chi connectivity index (χ0) is 29.1. The highest BCUT2D eigenvalue weighted by molar-refractivity contribution is 7.89. The first kappa shape index (κ1) is 30.4. The maximum absolute atomic E-state index is 13.5. The number of nitrogens with one attached hydrogen (secondary N) is 1. The summed E-state index contributed by atoms with van der Waals surface area (Å²) in [4.78, 5) is 15.3. The third-order valence-corrected chi connectivity index (χ3v) is 10.9. The van der Waals surface area contributed by atoms with Gasteiger partial charge in [-0.3, -0.25) is 4.79 Å². The summed E-state index contributed by atoms with van der Waals surface area (Å²) in [7, 11) is -5.80. The molecular weight excluding hydrogens is 595 g/mol. The second-order valence-corrected chi connectivity index (χ2v) is 14.3. The molecule has 3 aromatic rings. The van der Waals surface area contributed by atoms with Crippen molar-refractivity contribution in [2.75, 3.05) is 45.1 Å². The zero-order valence-corrected chi connectivity index (χ0v) is 25.2. The molecule has 0 unspecified atom stereocenters. The third kappa shape index (κ3) is 7.22. The van der Waals surface area contributed by atoms with Gasteiger partial charge in [0.1, 0.15) is 0 Å². The second kappa shape index (κ2) is 12.6. The number of benzene rings is 3. The molecule has 3 aromatic carbocycles. The summed E-state index contributed by atoms with van der Waals surface area (Å²) in [6, 6.07) is 16.9. The van der Waals surface area contributed by atoms with E-state index in [2.05, 4.69) is 10.2 Å². The molecule has 1 amide bonds. The van der Waals surface area contributed by atoms with Crippen molar-refractivity contribution in [2.24, 2.45) is 0 Å². The Morgan fingerprint density at radius 2 is 1.48 bits per heavy atom. The quantitative estimate of drug-likeness (QED) is 0.385. The van der Waals surface area contributed by atoms with Crippen LogP contribution in [0.5, 0.6) is 0 Å². The van der Waals surface area contributed by atoms with E-state index in [9.17, 15) is 21.6 Å². The number of amides is 1. The van der Waals surface area contributed by atoms with Gasteiger partial charge in [-0.05, 0) is 68.1 Å². The Labute approximate surface area is 245 Å². The molecule has 0 bridgehead atoms. The van der Waals surface area contributed by atoms with Crippen molar-refractivity contribution in [3.63, 3.8) is 0 Å². The zero-order valence-electron chi connectivity index (χ0n) is 22.0. The summed E-state index contributed by atoms with van der Waals surface area (Å²) < 4.78 is 55.5. The van der Waals surface area contributed by atoms with Crippen molar-refractivity contribution in [1.82, 2.24) is 13.5 Å². The fourth-order valence-corrected chi connectivity index (χ4v) is 7.44. The Morgan fingerprint density at radius 3 is 2.08 bits per heavy atom. The van der Waals surface area contributed by atoms with Crippen molar-refractivity contribution >= 4 is 54.8 Å². The first-order valence-electron chi connectivity index (χ1n) is 12.5. The highest BCUT2D eigenvalue weighted by Crippen LogP contribution is 2.26. The van der Waals surface area contributed by atoms with E-state index < -0.39 is 32.5 Å². The van der Waals surface area contributed by atoms with Crippen LogP contribution in [0, 0.1) is 6.92 Å². The minimum absolute atomic E-state index is 0.0365. The Kier molecular flexibility index (Phi) is 9.56. The molecule has 40 heavy (non-hydrogen) atoms. The lowest BCUT2D eigenvalue weighted by atomic mass is 10.2. The summed E-state index contributed by atoms with van der Waals surface area (Å²) in [6.07, 6.45) is 0. The minimum atomic E-state index is -4.08. The van der Waals surface area contributed by atoms with Crippen LogP contribution in [-0.2, 0) is 31.4 Å². The molecule has 1 heterocycles. The van der Waals surface area contributed by atoms with Gasteiger partial charge in [0.2, 0.25) is 26.0 Å². The molecule has 0 radical (unpaired) electrons. The number of aryl methyl sites for hydroxylation is 1. The Balaban J connectivity index is 1.52. The number of carbonyl (C=O) groups is 1. The van der Waals surface area contributed by atoms with Crippen LogP contribution in [0.3, 0.4) is 0 Å². The number of sulfonamides is 2. The van der Waals surface area contributed by atoms with Gasteiger partial charge in [0.25, 0.3) is 0 Å². The van der Waals surface area contributed by atoms with E-state index in [0.29, 0.717) is 42.5 Å². The maximum Gasteiger partial charge on any atom is 0.243 e.